The summed E-state index contributed by atoms with van der Waals surface area (Å²) in [4.78, 5) is 2.70. The van der Waals surface area contributed by atoms with Crippen molar-refractivity contribution in [2.75, 3.05) is 18.1 Å². The van der Waals surface area contributed by atoms with Crippen LogP contribution in [0.2, 0.25) is 0 Å². The molecule has 12 heavy (non-hydrogen) atoms. The molecule has 0 aliphatic rings. The summed E-state index contributed by atoms with van der Waals surface area (Å²) in [6.45, 7) is 2.86. The third kappa shape index (κ3) is 9.66. The van der Waals surface area contributed by atoms with E-state index in [0.717, 1.165) is 12.2 Å². The first-order valence-electron chi connectivity index (χ1n) is 4.50. The van der Waals surface area contributed by atoms with E-state index >= 15 is 0 Å². The third-order valence-electron chi connectivity index (χ3n) is 1.50. The van der Waals surface area contributed by atoms with Crippen LogP contribution in [0, 0.1) is 0 Å². The van der Waals surface area contributed by atoms with E-state index in [1.165, 1.54) is 25.0 Å². The fraction of sp³-hybridized carbons (Fsp3) is 1.00. The molecule has 0 amide bonds. The van der Waals surface area contributed by atoms with Crippen LogP contribution in [0.1, 0.15) is 32.6 Å². The zero-order chi connectivity index (χ0) is 9.07. The third-order valence-corrected chi connectivity index (χ3v) is 2.66. The highest BCUT2D eigenvalue weighted by Gasteiger charge is 1.88. The SMILES string of the molecule is CCCCCSCCCN=[N+]=[N-]. The molecule has 0 saturated carbocycles. The lowest BCUT2D eigenvalue weighted by molar-refractivity contribution is 0.778. The topological polar surface area (TPSA) is 48.8 Å². The maximum atomic E-state index is 7.99. The van der Waals surface area contributed by atoms with Gasteiger partial charge in [-0.3, -0.25) is 0 Å². The van der Waals surface area contributed by atoms with Gasteiger partial charge in [-0.2, -0.15) is 11.8 Å². The molecule has 0 aliphatic carbocycles. The molecule has 0 aromatic carbocycles. The Morgan fingerprint density at radius 1 is 1.25 bits per heavy atom. The molecule has 0 rings (SSSR count). The van der Waals surface area contributed by atoms with Gasteiger partial charge in [0.1, 0.15) is 0 Å². The van der Waals surface area contributed by atoms with Gasteiger partial charge in [-0.15, -0.1) is 0 Å². The highest BCUT2D eigenvalue weighted by molar-refractivity contribution is 7.99. The summed E-state index contributed by atoms with van der Waals surface area (Å²) in [5.74, 6) is 2.38. The summed E-state index contributed by atoms with van der Waals surface area (Å²) in [6, 6.07) is 0. The van der Waals surface area contributed by atoms with Crippen molar-refractivity contribution in [2.24, 2.45) is 5.11 Å². The maximum Gasteiger partial charge on any atom is 0.0265 e. The van der Waals surface area contributed by atoms with E-state index in [0.29, 0.717) is 6.54 Å². The minimum absolute atomic E-state index is 0.650. The predicted octanol–water partition coefficient (Wildman–Crippen LogP) is 3.61. The summed E-state index contributed by atoms with van der Waals surface area (Å²) < 4.78 is 0. The van der Waals surface area contributed by atoms with Gasteiger partial charge >= 0.3 is 0 Å². The maximum absolute atomic E-state index is 7.99. The number of thioether (sulfide) groups is 1. The molecule has 0 radical (unpaired) electrons. The Morgan fingerprint density at radius 2 is 2.00 bits per heavy atom. The van der Waals surface area contributed by atoms with Gasteiger partial charge in [0.05, 0.1) is 0 Å². The minimum atomic E-state index is 0.650. The van der Waals surface area contributed by atoms with Crippen LogP contribution in [-0.2, 0) is 0 Å². The standard InChI is InChI=1S/C8H17N3S/c1-2-3-4-7-12-8-5-6-10-11-9/h2-8H2,1H3. The first-order valence-corrected chi connectivity index (χ1v) is 5.66. The average molecular weight is 187 g/mol. The van der Waals surface area contributed by atoms with E-state index in [-0.39, 0.29) is 0 Å². The van der Waals surface area contributed by atoms with E-state index < -0.39 is 0 Å². The van der Waals surface area contributed by atoms with Crippen molar-refractivity contribution >= 4 is 11.8 Å². The molecule has 0 N–H and O–H groups in total. The molecule has 0 spiro atoms. The number of azide groups is 1. The first-order chi connectivity index (χ1) is 5.91. The van der Waals surface area contributed by atoms with Crippen molar-refractivity contribution < 1.29 is 0 Å². The summed E-state index contributed by atoms with van der Waals surface area (Å²) in [5, 5.41) is 3.47. The molecule has 0 atom stereocenters. The van der Waals surface area contributed by atoms with Crippen molar-refractivity contribution in [1.82, 2.24) is 0 Å². The number of nitrogens with zero attached hydrogens (tertiary/aromatic N) is 3. The fourth-order valence-electron chi connectivity index (χ4n) is 0.838. The molecular formula is C8H17N3S. The number of hydrogen-bond donors (Lipinski definition) is 0. The highest BCUT2D eigenvalue weighted by atomic mass is 32.2. The zero-order valence-corrected chi connectivity index (χ0v) is 8.52. The monoisotopic (exact) mass is 187 g/mol. The second kappa shape index (κ2) is 10.7. The van der Waals surface area contributed by atoms with E-state index in [2.05, 4.69) is 16.9 Å². The highest BCUT2D eigenvalue weighted by Crippen LogP contribution is 2.07. The molecule has 0 unspecified atom stereocenters. The Kier molecular flexibility index (Phi) is 10.4. The molecule has 0 fully saturated rings. The summed E-state index contributed by atoms with van der Waals surface area (Å²) in [5.41, 5.74) is 7.99. The second-order valence-electron chi connectivity index (χ2n) is 2.63. The lowest BCUT2D eigenvalue weighted by Gasteiger charge is -1.98. The predicted molar refractivity (Wildman–Crippen MR) is 55.5 cm³/mol. The van der Waals surface area contributed by atoms with Crippen LogP contribution in [0.25, 0.3) is 10.4 Å². The van der Waals surface area contributed by atoms with Crippen LogP contribution in [0.15, 0.2) is 5.11 Å². The van der Waals surface area contributed by atoms with Crippen molar-refractivity contribution in [3.05, 3.63) is 10.4 Å². The van der Waals surface area contributed by atoms with Crippen LogP contribution in [0.5, 0.6) is 0 Å². The molecule has 3 nitrogen and oxygen atoms in total. The lowest BCUT2D eigenvalue weighted by atomic mass is 10.3. The largest absolute Gasteiger partial charge is 0.162 e. The molecule has 4 heteroatoms. The van der Waals surface area contributed by atoms with E-state index in [1.807, 2.05) is 11.8 Å². The molecular weight excluding hydrogens is 170 g/mol. The van der Waals surface area contributed by atoms with Gasteiger partial charge in [0.15, 0.2) is 0 Å². The summed E-state index contributed by atoms with van der Waals surface area (Å²) in [7, 11) is 0. The summed E-state index contributed by atoms with van der Waals surface area (Å²) in [6.07, 6.45) is 4.96. The van der Waals surface area contributed by atoms with Crippen LogP contribution in [0.3, 0.4) is 0 Å². The van der Waals surface area contributed by atoms with Crippen LogP contribution >= 0.6 is 11.8 Å². The number of unbranched alkanes of at least 4 members (excludes halogenated alkanes) is 2. The molecule has 0 aromatic rings. The summed E-state index contributed by atoms with van der Waals surface area (Å²) >= 11 is 1.96. The van der Waals surface area contributed by atoms with Gasteiger partial charge < -0.3 is 0 Å². The van der Waals surface area contributed by atoms with Crippen molar-refractivity contribution in [3.63, 3.8) is 0 Å². The Hall–Kier alpha value is -0.340. The lowest BCUT2D eigenvalue weighted by Crippen LogP contribution is -1.86. The number of rotatable bonds is 8. The zero-order valence-electron chi connectivity index (χ0n) is 7.70. The Morgan fingerprint density at radius 3 is 2.67 bits per heavy atom. The van der Waals surface area contributed by atoms with Gasteiger partial charge in [0.25, 0.3) is 0 Å². The molecule has 0 bridgehead atoms. The molecule has 0 aliphatic heterocycles. The number of hydrogen-bond acceptors (Lipinski definition) is 2. The fourth-order valence-corrected chi connectivity index (χ4v) is 1.78. The first kappa shape index (κ1) is 11.7. The van der Waals surface area contributed by atoms with Crippen LogP contribution in [-0.4, -0.2) is 18.1 Å². The van der Waals surface area contributed by atoms with Gasteiger partial charge in [-0.1, -0.05) is 24.9 Å². The van der Waals surface area contributed by atoms with Crippen LogP contribution < -0.4 is 0 Å². The van der Waals surface area contributed by atoms with Crippen molar-refractivity contribution in [1.29, 1.82) is 0 Å². The average Bonchev–Trinajstić information content (AvgIpc) is 2.10. The molecule has 0 saturated heterocycles. The second-order valence-corrected chi connectivity index (χ2v) is 3.85. The van der Waals surface area contributed by atoms with Crippen molar-refractivity contribution in [2.45, 2.75) is 32.6 Å². The van der Waals surface area contributed by atoms with Gasteiger partial charge in [-0.25, -0.2) is 0 Å². The van der Waals surface area contributed by atoms with Crippen LogP contribution in [0.4, 0.5) is 0 Å². The molecule has 0 heterocycles. The van der Waals surface area contributed by atoms with Gasteiger partial charge in [-0.05, 0) is 29.9 Å². The Labute approximate surface area is 78.6 Å². The quantitative estimate of drug-likeness (QED) is 0.248. The Balaban J connectivity index is 2.86. The minimum Gasteiger partial charge on any atom is -0.162 e. The van der Waals surface area contributed by atoms with E-state index in [1.54, 1.807) is 0 Å². The normalized spacial score (nSPS) is 9.42. The van der Waals surface area contributed by atoms with E-state index in [9.17, 15) is 0 Å². The van der Waals surface area contributed by atoms with Gasteiger partial charge in [0, 0.05) is 11.5 Å². The van der Waals surface area contributed by atoms with Gasteiger partial charge in [0.2, 0.25) is 0 Å². The van der Waals surface area contributed by atoms with E-state index in [4.69, 9.17) is 5.53 Å². The smallest absolute Gasteiger partial charge is 0.0265 e. The van der Waals surface area contributed by atoms with Crippen molar-refractivity contribution in [3.8, 4) is 0 Å². The molecule has 70 valence electrons. The Bertz CT molecular complexity index is 132. The molecule has 0 aromatic heterocycles.